The van der Waals surface area contributed by atoms with E-state index >= 15 is 0 Å². The number of aliphatic hydroxyl groups is 1. The monoisotopic (exact) mass is 303 g/mol. The van der Waals surface area contributed by atoms with Crippen LogP contribution in [0.3, 0.4) is 0 Å². The molecule has 1 aliphatic heterocycles. The van der Waals surface area contributed by atoms with Gasteiger partial charge in [-0.2, -0.15) is 0 Å². The summed E-state index contributed by atoms with van der Waals surface area (Å²) in [5.41, 5.74) is 5.27. The van der Waals surface area contributed by atoms with Gasteiger partial charge in [0.2, 0.25) is 0 Å². The Labute approximate surface area is 134 Å². The highest BCUT2D eigenvalue weighted by Crippen LogP contribution is 2.37. The predicted molar refractivity (Wildman–Crippen MR) is 91.2 cm³/mol. The summed E-state index contributed by atoms with van der Waals surface area (Å²) in [6.07, 6.45) is 4.56. The molecule has 1 heterocycles. The number of allylic oxidation sites excluding steroid dienone is 2. The first kappa shape index (κ1) is 17.0. The molecule has 1 aliphatic rings. The number of rotatable bonds is 6. The lowest BCUT2D eigenvalue weighted by atomic mass is 9.91. The Balaban J connectivity index is 2.17. The van der Waals surface area contributed by atoms with Crippen LogP contribution in [-0.4, -0.2) is 29.9 Å². The minimum absolute atomic E-state index is 0.177. The van der Waals surface area contributed by atoms with Crippen LogP contribution >= 0.6 is 0 Å². The number of hydrogen-bond acceptors (Lipinski definition) is 3. The highest BCUT2D eigenvalue weighted by molar-refractivity contribution is 5.48. The molecule has 0 aliphatic carbocycles. The van der Waals surface area contributed by atoms with Crippen molar-refractivity contribution in [3.8, 4) is 5.75 Å². The molecule has 0 fully saturated rings. The fourth-order valence-electron chi connectivity index (χ4n) is 2.99. The van der Waals surface area contributed by atoms with Crippen LogP contribution in [-0.2, 0) is 6.54 Å². The maximum atomic E-state index is 9.12. The molecule has 1 aromatic carbocycles. The summed E-state index contributed by atoms with van der Waals surface area (Å²) in [7, 11) is 0. The summed E-state index contributed by atoms with van der Waals surface area (Å²) < 4.78 is 6.05. The highest BCUT2D eigenvalue weighted by Gasteiger charge is 2.23. The third-order valence-corrected chi connectivity index (χ3v) is 4.40. The van der Waals surface area contributed by atoms with E-state index in [0.29, 0.717) is 19.2 Å². The van der Waals surface area contributed by atoms with Crippen molar-refractivity contribution in [1.82, 2.24) is 4.90 Å². The van der Waals surface area contributed by atoms with Crippen molar-refractivity contribution in [1.29, 1.82) is 0 Å². The Hall–Kier alpha value is -1.32. The number of aliphatic hydroxyl groups excluding tert-OH is 1. The summed E-state index contributed by atoms with van der Waals surface area (Å²) in [6, 6.07) is 4.43. The lowest BCUT2D eigenvalue weighted by molar-refractivity contribution is 0.0756. The summed E-state index contributed by atoms with van der Waals surface area (Å²) in [5, 5.41) is 9.12. The molecule has 0 saturated heterocycles. The summed E-state index contributed by atoms with van der Waals surface area (Å²) >= 11 is 0. The maximum Gasteiger partial charge on any atom is 0.142 e. The fraction of sp³-hybridized carbons (Fsp3) is 0.579. The van der Waals surface area contributed by atoms with E-state index in [1.807, 2.05) is 0 Å². The molecule has 22 heavy (non-hydrogen) atoms. The fourth-order valence-corrected chi connectivity index (χ4v) is 2.99. The number of hydrogen-bond donors (Lipinski definition) is 1. The number of nitrogens with zero attached hydrogens (tertiary/aromatic N) is 1. The minimum atomic E-state index is 0.177. The molecule has 0 unspecified atom stereocenters. The quantitative estimate of drug-likeness (QED) is 0.807. The smallest absolute Gasteiger partial charge is 0.142 e. The minimum Gasteiger partial charge on any atom is -0.477 e. The molecule has 122 valence electrons. The normalized spacial score (nSPS) is 15.9. The van der Waals surface area contributed by atoms with Crippen molar-refractivity contribution in [2.24, 2.45) is 0 Å². The molecule has 1 N–H and O–H groups in total. The Morgan fingerprint density at radius 3 is 2.86 bits per heavy atom. The van der Waals surface area contributed by atoms with E-state index in [0.717, 1.165) is 25.1 Å². The standard InChI is InChI=1S/C19H29NO2/c1-14(2)6-5-7-15(3)17-9-8-16(4)18-12-20(10-11-21)13-22-19(17)18/h6,8-9,15,21H,5,7,10-13H2,1-4H3/t15-/m0/s1. The van der Waals surface area contributed by atoms with Gasteiger partial charge < -0.3 is 9.84 Å². The zero-order chi connectivity index (χ0) is 16.1. The summed E-state index contributed by atoms with van der Waals surface area (Å²) in [4.78, 5) is 2.15. The molecule has 1 aromatic rings. The lowest BCUT2D eigenvalue weighted by Crippen LogP contribution is -2.35. The average molecular weight is 303 g/mol. The number of fused-ring (bicyclic) bond motifs is 1. The molecule has 0 radical (unpaired) electrons. The van der Waals surface area contributed by atoms with Crippen LogP contribution in [0.4, 0.5) is 0 Å². The molecule has 3 heteroatoms. The highest BCUT2D eigenvalue weighted by atomic mass is 16.5. The molecule has 0 bridgehead atoms. The van der Waals surface area contributed by atoms with Crippen molar-refractivity contribution < 1.29 is 9.84 Å². The topological polar surface area (TPSA) is 32.7 Å². The average Bonchev–Trinajstić information content (AvgIpc) is 2.48. The van der Waals surface area contributed by atoms with Crippen LogP contribution in [0.25, 0.3) is 0 Å². The van der Waals surface area contributed by atoms with E-state index in [4.69, 9.17) is 9.84 Å². The third kappa shape index (κ3) is 4.11. The molecule has 3 nitrogen and oxygen atoms in total. The van der Waals surface area contributed by atoms with Gasteiger partial charge in [-0.05, 0) is 50.7 Å². The van der Waals surface area contributed by atoms with E-state index < -0.39 is 0 Å². The second-order valence-electron chi connectivity index (χ2n) is 6.59. The largest absolute Gasteiger partial charge is 0.477 e. The molecule has 0 aromatic heterocycles. The van der Waals surface area contributed by atoms with Gasteiger partial charge >= 0.3 is 0 Å². The van der Waals surface area contributed by atoms with Crippen molar-refractivity contribution >= 4 is 0 Å². The molecule has 0 amide bonds. The molecule has 0 spiro atoms. The Bertz CT molecular complexity index is 532. The first-order valence-electron chi connectivity index (χ1n) is 8.24. The second kappa shape index (κ2) is 7.80. The lowest BCUT2D eigenvalue weighted by Gasteiger charge is -2.32. The van der Waals surface area contributed by atoms with Crippen LogP contribution in [0.15, 0.2) is 23.8 Å². The van der Waals surface area contributed by atoms with Crippen molar-refractivity contribution in [2.45, 2.75) is 53.0 Å². The SMILES string of the molecule is CC(C)=CCC[C@H](C)c1ccc(C)c2c1OCN(CCO)C2. The zero-order valence-corrected chi connectivity index (χ0v) is 14.4. The van der Waals surface area contributed by atoms with Crippen LogP contribution in [0.2, 0.25) is 0 Å². The molecule has 2 rings (SSSR count). The van der Waals surface area contributed by atoms with Crippen molar-refractivity contribution in [2.75, 3.05) is 19.9 Å². The Kier molecular flexibility index (Phi) is 6.04. The molecule has 1 atom stereocenters. The van der Waals surface area contributed by atoms with Gasteiger partial charge in [0.1, 0.15) is 12.5 Å². The first-order chi connectivity index (χ1) is 10.5. The van der Waals surface area contributed by atoms with E-state index in [1.165, 1.54) is 22.3 Å². The van der Waals surface area contributed by atoms with E-state index in [-0.39, 0.29) is 6.61 Å². The van der Waals surface area contributed by atoms with Crippen LogP contribution in [0.5, 0.6) is 5.75 Å². The van der Waals surface area contributed by atoms with Crippen LogP contribution < -0.4 is 4.74 Å². The second-order valence-corrected chi connectivity index (χ2v) is 6.59. The van der Waals surface area contributed by atoms with Gasteiger partial charge in [0, 0.05) is 18.7 Å². The number of ether oxygens (including phenoxy) is 1. The summed E-state index contributed by atoms with van der Waals surface area (Å²) in [6.45, 7) is 11.0. The Morgan fingerprint density at radius 1 is 1.41 bits per heavy atom. The predicted octanol–water partition coefficient (Wildman–Crippen LogP) is 3.99. The maximum absolute atomic E-state index is 9.12. The van der Waals surface area contributed by atoms with Crippen LogP contribution in [0, 0.1) is 6.92 Å². The van der Waals surface area contributed by atoms with Gasteiger partial charge in [0.05, 0.1) is 6.61 Å². The van der Waals surface area contributed by atoms with Gasteiger partial charge in [0.25, 0.3) is 0 Å². The van der Waals surface area contributed by atoms with Gasteiger partial charge in [-0.15, -0.1) is 0 Å². The van der Waals surface area contributed by atoms with Gasteiger partial charge in [-0.25, -0.2) is 0 Å². The number of aryl methyl sites for hydroxylation is 1. The third-order valence-electron chi connectivity index (χ3n) is 4.40. The van der Waals surface area contributed by atoms with Crippen molar-refractivity contribution in [3.63, 3.8) is 0 Å². The van der Waals surface area contributed by atoms with Gasteiger partial charge in [-0.1, -0.05) is 30.7 Å². The van der Waals surface area contributed by atoms with Crippen molar-refractivity contribution in [3.05, 3.63) is 40.5 Å². The number of β-amino-alcohol motifs (C(OH)–C–C–N with tert-alkyl or cyclic N) is 1. The van der Waals surface area contributed by atoms with E-state index in [9.17, 15) is 0 Å². The number of benzene rings is 1. The van der Waals surface area contributed by atoms with E-state index in [2.05, 4.69) is 50.8 Å². The molecular weight excluding hydrogens is 274 g/mol. The first-order valence-corrected chi connectivity index (χ1v) is 8.24. The van der Waals surface area contributed by atoms with Gasteiger partial charge in [-0.3, -0.25) is 4.90 Å². The molecular formula is C19H29NO2. The Morgan fingerprint density at radius 2 is 2.18 bits per heavy atom. The van der Waals surface area contributed by atoms with Crippen LogP contribution in [0.1, 0.15) is 56.2 Å². The van der Waals surface area contributed by atoms with E-state index in [1.54, 1.807) is 0 Å². The van der Waals surface area contributed by atoms with Gasteiger partial charge in [0.15, 0.2) is 0 Å². The molecule has 0 saturated carbocycles. The zero-order valence-electron chi connectivity index (χ0n) is 14.4. The summed E-state index contributed by atoms with van der Waals surface area (Å²) in [5.74, 6) is 1.58.